The Morgan fingerprint density at radius 1 is 0.870 bits per heavy atom. The summed E-state index contributed by atoms with van der Waals surface area (Å²) in [7, 11) is 0. The molecule has 0 aliphatic carbocycles. The molecule has 0 N–H and O–H groups in total. The van der Waals surface area contributed by atoms with Gasteiger partial charge in [-0.25, -0.2) is 4.98 Å². The first kappa shape index (κ1) is 17.4. The van der Waals surface area contributed by atoms with Gasteiger partial charge in [0.15, 0.2) is 0 Å². The number of para-hydroxylation sites is 1. The van der Waals surface area contributed by atoms with Gasteiger partial charge in [0.1, 0.15) is 0 Å². The molecule has 0 spiro atoms. The second-order valence-electron chi connectivity index (χ2n) is 6.11. The highest BCUT2D eigenvalue weighted by molar-refractivity contribution is 5.51. The molecular formula is C15H14F6N2. The fourth-order valence-electron chi connectivity index (χ4n) is 2.11. The van der Waals surface area contributed by atoms with E-state index in [9.17, 15) is 26.3 Å². The lowest BCUT2D eigenvalue weighted by atomic mass is 9.93. The molecule has 126 valence electrons. The van der Waals surface area contributed by atoms with E-state index in [0.717, 1.165) is 17.0 Å². The molecule has 8 heteroatoms. The Hall–Kier alpha value is -1.99. The Morgan fingerprint density at radius 3 is 1.70 bits per heavy atom. The van der Waals surface area contributed by atoms with Crippen LogP contribution in [-0.4, -0.2) is 9.55 Å². The molecule has 0 aliphatic rings. The molecule has 23 heavy (non-hydrogen) atoms. The van der Waals surface area contributed by atoms with Gasteiger partial charge >= 0.3 is 12.4 Å². The van der Waals surface area contributed by atoms with Crippen molar-refractivity contribution in [3.05, 3.63) is 47.5 Å². The van der Waals surface area contributed by atoms with Crippen molar-refractivity contribution in [1.29, 1.82) is 0 Å². The second kappa shape index (κ2) is 5.28. The highest BCUT2D eigenvalue weighted by Crippen LogP contribution is 2.41. The van der Waals surface area contributed by atoms with Crippen molar-refractivity contribution in [1.82, 2.24) is 9.55 Å². The van der Waals surface area contributed by atoms with Crippen LogP contribution in [0.3, 0.4) is 0 Å². The van der Waals surface area contributed by atoms with Crippen molar-refractivity contribution < 1.29 is 26.3 Å². The molecule has 0 amide bonds. The molecule has 0 bridgehead atoms. The van der Waals surface area contributed by atoms with E-state index in [1.165, 1.54) is 6.20 Å². The van der Waals surface area contributed by atoms with E-state index in [2.05, 4.69) is 4.98 Å². The number of halogens is 6. The van der Waals surface area contributed by atoms with Gasteiger partial charge in [-0.3, -0.25) is 0 Å². The summed E-state index contributed by atoms with van der Waals surface area (Å²) in [5.74, 6) is 0. The van der Waals surface area contributed by atoms with Crippen molar-refractivity contribution in [3.8, 4) is 5.69 Å². The predicted molar refractivity (Wildman–Crippen MR) is 72.3 cm³/mol. The van der Waals surface area contributed by atoms with Gasteiger partial charge in [-0.05, 0) is 12.1 Å². The van der Waals surface area contributed by atoms with Gasteiger partial charge in [0.25, 0.3) is 0 Å². The SMILES string of the molecule is CC(C)(C)c1cn(-c2c(C(F)(F)F)cccc2C(F)(F)F)cn1. The monoisotopic (exact) mass is 336 g/mol. The maximum absolute atomic E-state index is 13.1. The van der Waals surface area contributed by atoms with E-state index >= 15 is 0 Å². The fourth-order valence-corrected chi connectivity index (χ4v) is 2.11. The van der Waals surface area contributed by atoms with Gasteiger partial charge in [0.2, 0.25) is 0 Å². The summed E-state index contributed by atoms with van der Waals surface area (Å²) < 4.78 is 79.6. The van der Waals surface area contributed by atoms with E-state index in [4.69, 9.17) is 0 Å². The lowest BCUT2D eigenvalue weighted by molar-refractivity contribution is -0.142. The number of benzene rings is 1. The number of alkyl halides is 6. The summed E-state index contributed by atoms with van der Waals surface area (Å²) in [5.41, 5.74) is -3.79. The zero-order valence-electron chi connectivity index (χ0n) is 12.5. The number of hydrogen-bond donors (Lipinski definition) is 0. The molecule has 1 aromatic carbocycles. The molecule has 1 aromatic heterocycles. The van der Waals surface area contributed by atoms with E-state index in [1.807, 2.05) is 0 Å². The van der Waals surface area contributed by atoms with Crippen molar-refractivity contribution in [2.75, 3.05) is 0 Å². The third kappa shape index (κ3) is 3.51. The van der Waals surface area contributed by atoms with Gasteiger partial charge < -0.3 is 4.57 Å². The molecule has 0 atom stereocenters. The quantitative estimate of drug-likeness (QED) is 0.654. The maximum atomic E-state index is 13.1. The number of imidazole rings is 1. The van der Waals surface area contributed by atoms with Gasteiger partial charge in [0, 0.05) is 11.6 Å². The molecule has 0 saturated heterocycles. The Kier molecular flexibility index (Phi) is 3.99. The molecule has 0 fully saturated rings. The molecule has 2 nitrogen and oxygen atoms in total. The minimum atomic E-state index is -4.91. The van der Waals surface area contributed by atoms with Crippen LogP contribution in [0.25, 0.3) is 5.69 Å². The first-order valence-corrected chi connectivity index (χ1v) is 6.64. The Morgan fingerprint density at radius 2 is 1.35 bits per heavy atom. The van der Waals surface area contributed by atoms with Crippen molar-refractivity contribution >= 4 is 0 Å². The highest BCUT2D eigenvalue weighted by Gasteiger charge is 2.41. The lowest BCUT2D eigenvalue weighted by Gasteiger charge is -2.19. The second-order valence-corrected chi connectivity index (χ2v) is 6.11. The van der Waals surface area contributed by atoms with Crippen LogP contribution in [0.5, 0.6) is 0 Å². The molecule has 0 unspecified atom stereocenters. The zero-order valence-corrected chi connectivity index (χ0v) is 12.5. The summed E-state index contributed by atoms with van der Waals surface area (Å²) in [6.45, 7) is 5.29. The van der Waals surface area contributed by atoms with Crippen molar-refractivity contribution in [2.24, 2.45) is 0 Å². The molecule has 2 rings (SSSR count). The Bertz CT molecular complexity index is 672. The van der Waals surface area contributed by atoms with Gasteiger partial charge in [-0.2, -0.15) is 26.3 Å². The van der Waals surface area contributed by atoms with Gasteiger partial charge in [-0.1, -0.05) is 26.8 Å². The number of hydrogen-bond acceptors (Lipinski definition) is 1. The first-order valence-electron chi connectivity index (χ1n) is 6.64. The molecule has 2 aromatic rings. The molecule has 0 aliphatic heterocycles. The third-order valence-corrected chi connectivity index (χ3v) is 3.26. The number of rotatable bonds is 1. The minimum Gasteiger partial charge on any atom is -0.305 e. The summed E-state index contributed by atoms with van der Waals surface area (Å²) in [4.78, 5) is 3.94. The topological polar surface area (TPSA) is 17.8 Å². The summed E-state index contributed by atoms with van der Waals surface area (Å²) >= 11 is 0. The average molecular weight is 336 g/mol. The van der Waals surface area contributed by atoms with Crippen LogP contribution in [-0.2, 0) is 17.8 Å². The van der Waals surface area contributed by atoms with Crippen LogP contribution in [0.4, 0.5) is 26.3 Å². The van der Waals surface area contributed by atoms with Crippen LogP contribution in [0.15, 0.2) is 30.7 Å². The maximum Gasteiger partial charge on any atom is 0.418 e. The largest absolute Gasteiger partial charge is 0.418 e. The number of nitrogens with zero attached hydrogens (tertiary/aromatic N) is 2. The minimum absolute atomic E-state index is 0.391. The van der Waals surface area contributed by atoms with Crippen LogP contribution >= 0.6 is 0 Å². The lowest BCUT2D eigenvalue weighted by Crippen LogP contribution is -2.17. The summed E-state index contributed by atoms with van der Waals surface area (Å²) in [6.07, 6.45) is -7.66. The normalized spacial score (nSPS) is 13.4. The standard InChI is InChI=1S/C15H14F6N2/c1-13(2,3)11-7-23(8-22-11)12-9(14(16,17)18)5-4-6-10(12)15(19,20)21/h4-8H,1-3H3. The van der Waals surface area contributed by atoms with Crippen LogP contribution in [0, 0.1) is 0 Å². The number of aromatic nitrogens is 2. The van der Waals surface area contributed by atoms with Crippen LogP contribution in [0.2, 0.25) is 0 Å². The van der Waals surface area contributed by atoms with Gasteiger partial charge in [-0.15, -0.1) is 0 Å². The van der Waals surface area contributed by atoms with Gasteiger partial charge in [0.05, 0.1) is 28.8 Å². The van der Waals surface area contributed by atoms with Crippen LogP contribution in [0.1, 0.15) is 37.6 Å². The van der Waals surface area contributed by atoms with Crippen molar-refractivity contribution in [3.63, 3.8) is 0 Å². The molecule has 0 radical (unpaired) electrons. The average Bonchev–Trinajstić information content (AvgIpc) is 2.84. The third-order valence-electron chi connectivity index (χ3n) is 3.26. The Balaban J connectivity index is 2.76. The van der Waals surface area contributed by atoms with Crippen LogP contribution < -0.4 is 0 Å². The first-order chi connectivity index (χ1) is 10.3. The molecule has 1 heterocycles. The Labute approximate surface area is 128 Å². The predicted octanol–water partition coefficient (Wildman–Crippen LogP) is 5.21. The fraction of sp³-hybridized carbons (Fsp3) is 0.400. The smallest absolute Gasteiger partial charge is 0.305 e. The highest BCUT2D eigenvalue weighted by atomic mass is 19.4. The summed E-state index contributed by atoms with van der Waals surface area (Å²) in [5, 5.41) is 0. The van der Waals surface area contributed by atoms with E-state index < -0.39 is 34.6 Å². The van der Waals surface area contributed by atoms with E-state index in [0.29, 0.717) is 17.8 Å². The zero-order chi connectivity index (χ0) is 17.6. The molecular weight excluding hydrogens is 322 g/mol. The van der Waals surface area contributed by atoms with E-state index in [-0.39, 0.29) is 0 Å². The summed E-state index contributed by atoms with van der Waals surface area (Å²) in [6, 6.07) is 2.00. The van der Waals surface area contributed by atoms with E-state index in [1.54, 1.807) is 20.8 Å². The molecule has 0 saturated carbocycles. The van der Waals surface area contributed by atoms with Crippen molar-refractivity contribution in [2.45, 2.75) is 38.5 Å².